The first-order chi connectivity index (χ1) is 18.8. The number of nitrogens with one attached hydrogen (secondary N) is 2. The Morgan fingerprint density at radius 3 is 2.23 bits per heavy atom. The Labute approximate surface area is 241 Å². The zero-order valence-corrected chi connectivity index (χ0v) is 25.7. The fourth-order valence-electron chi connectivity index (χ4n) is 4.59. The number of benzene rings is 2. The molecule has 7 nitrogen and oxygen atoms in total. The highest BCUT2D eigenvalue weighted by Gasteiger charge is 2.37. The van der Waals surface area contributed by atoms with Gasteiger partial charge in [0.2, 0.25) is 11.8 Å². The molecule has 2 atom stereocenters. The average molecular weight is 552 g/mol. The lowest BCUT2D eigenvalue weighted by Gasteiger charge is -2.36. The van der Waals surface area contributed by atoms with Gasteiger partial charge in [0.05, 0.1) is 0 Å². The van der Waals surface area contributed by atoms with Crippen molar-refractivity contribution >= 4 is 17.9 Å². The molecule has 0 fully saturated rings. The predicted molar refractivity (Wildman–Crippen MR) is 161 cm³/mol. The summed E-state index contributed by atoms with van der Waals surface area (Å²) < 4.78 is 5.48. The highest BCUT2D eigenvalue weighted by molar-refractivity contribution is 5.92. The number of hydrogen-bond acceptors (Lipinski definition) is 4. The first kappa shape index (κ1) is 32.9. The van der Waals surface area contributed by atoms with Crippen LogP contribution in [0.1, 0.15) is 95.5 Å². The molecule has 2 aromatic carbocycles. The third kappa shape index (κ3) is 10.3. The molecule has 3 amide bonds. The molecule has 0 bridgehead atoms. The number of hydrogen-bond donors (Lipinski definition) is 2. The van der Waals surface area contributed by atoms with Crippen LogP contribution in [0.15, 0.2) is 48.5 Å². The van der Waals surface area contributed by atoms with Crippen LogP contribution in [0.4, 0.5) is 4.79 Å². The van der Waals surface area contributed by atoms with Crippen molar-refractivity contribution in [2.45, 2.75) is 105 Å². The normalized spacial score (nSPS) is 12.9. The van der Waals surface area contributed by atoms with Crippen molar-refractivity contribution in [3.63, 3.8) is 0 Å². The van der Waals surface area contributed by atoms with Gasteiger partial charge < -0.3 is 20.3 Å². The summed E-state index contributed by atoms with van der Waals surface area (Å²) in [7, 11) is 0. The minimum Gasteiger partial charge on any atom is -0.444 e. The van der Waals surface area contributed by atoms with Crippen LogP contribution in [0, 0.1) is 19.8 Å². The van der Waals surface area contributed by atoms with Gasteiger partial charge >= 0.3 is 6.09 Å². The smallest absolute Gasteiger partial charge is 0.408 e. The summed E-state index contributed by atoms with van der Waals surface area (Å²) >= 11 is 0. The van der Waals surface area contributed by atoms with E-state index < -0.39 is 23.8 Å². The minimum absolute atomic E-state index is 0.218. The third-order valence-corrected chi connectivity index (χ3v) is 6.74. The molecule has 220 valence electrons. The van der Waals surface area contributed by atoms with Crippen LogP contribution in [0.3, 0.4) is 0 Å². The lowest BCUT2D eigenvalue weighted by atomic mass is 9.94. The van der Waals surface area contributed by atoms with Gasteiger partial charge in [0.1, 0.15) is 17.7 Å². The van der Waals surface area contributed by atoms with Gasteiger partial charge in [-0.2, -0.15) is 0 Å². The Morgan fingerprint density at radius 2 is 1.62 bits per heavy atom. The average Bonchev–Trinajstić information content (AvgIpc) is 2.88. The SMILES string of the molecule is CCCCCCN(C(=O)C(NC(=O)OC(C)(C)C)C(C)C)C(C(=O)NCc1ccccc1)c1cc(C)ccc1C. The van der Waals surface area contributed by atoms with Gasteiger partial charge in [-0.15, -0.1) is 0 Å². The van der Waals surface area contributed by atoms with Gasteiger partial charge in [0.15, 0.2) is 0 Å². The van der Waals surface area contributed by atoms with Gasteiger partial charge in [-0.1, -0.05) is 94.1 Å². The number of ether oxygens (including phenoxy) is 1. The highest BCUT2D eigenvalue weighted by atomic mass is 16.6. The van der Waals surface area contributed by atoms with Gasteiger partial charge in [-0.3, -0.25) is 9.59 Å². The molecule has 2 aromatic rings. The molecule has 2 rings (SSSR count). The van der Waals surface area contributed by atoms with Crippen molar-refractivity contribution in [3.8, 4) is 0 Å². The lowest BCUT2D eigenvalue weighted by molar-refractivity contribution is -0.143. The van der Waals surface area contributed by atoms with E-state index >= 15 is 0 Å². The molecular weight excluding hydrogens is 502 g/mol. The summed E-state index contributed by atoms with van der Waals surface area (Å²) in [5, 5.41) is 5.88. The quantitative estimate of drug-likeness (QED) is 0.274. The third-order valence-electron chi connectivity index (χ3n) is 6.74. The Kier molecular flexibility index (Phi) is 12.7. The summed E-state index contributed by atoms with van der Waals surface area (Å²) in [6, 6.07) is 14.0. The van der Waals surface area contributed by atoms with E-state index in [-0.39, 0.29) is 17.7 Å². The van der Waals surface area contributed by atoms with E-state index in [1.807, 2.05) is 76.2 Å². The van der Waals surface area contributed by atoms with E-state index in [0.717, 1.165) is 47.9 Å². The molecule has 0 saturated heterocycles. The molecule has 40 heavy (non-hydrogen) atoms. The van der Waals surface area contributed by atoms with Crippen molar-refractivity contribution in [2.75, 3.05) is 6.54 Å². The Hall–Kier alpha value is -3.35. The van der Waals surface area contributed by atoms with E-state index in [1.165, 1.54) is 0 Å². The van der Waals surface area contributed by atoms with E-state index in [1.54, 1.807) is 25.7 Å². The zero-order chi connectivity index (χ0) is 29.9. The van der Waals surface area contributed by atoms with Crippen LogP contribution in [0.2, 0.25) is 0 Å². The number of nitrogens with zero attached hydrogens (tertiary/aromatic N) is 1. The second-order valence-corrected chi connectivity index (χ2v) is 11.9. The van der Waals surface area contributed by atoms with Crippen molar-refractivity contribution in [2.24, 2.45) is 5.92 Å². The standard InChI is InChI=1S/C33H49N3O4/c1-9-10-11-15-20-36(31(38)28(23(2)3)35-32(39)40-33(6,7)8)29(27-21-24(4)18-19-25(27)5)30(37)34-22-26-16-13-12-14-17-26/h12-14,16-19,21,23,28-29H,9-11,15,20,22H2,1-8H3,(H,34,37)(H,35,39). The summed E-state index contributed by atoms with van der Waals surface area (Å²) in [5.41, 5.74) is 3.00. The van der Waals surface area contributed by atoms with Gasteiger partial charge in [0.25, 0.3) is 0 Å². The van der Waals surface area contributed by atoms with E-state index in [2.05, 4.69) is 17.6 Å². The van der Waals surface area contributed by atoms with Crippen LogP contribution in [0.25, 0.3) is 0 Å². The van der Waals surface area contributed by atoms with Crippen LogP contribution in [-0.2, 0) is 20.9 Å². The molecule has 2 unspecified atom stereocenters. The fraction of sp³-hybridized carbons (Fsp3) is 0.545. The van der Waals surface area contributed by atoms with Gasteiger partial charge in [-0.25, -0.2) is 4.79 Å². The molecule has 2 N–H and O–H groups in total. The summed E-state index contributed by atoms with van der Waals surface area (Å²) in [6.45, 7) is 16.0. The number of carbonyl (C=O) groups excluding carboxylic acids is 3. The second kappa shape index (κ2) is 15.4. The highest BCUT2D eigenvalue weighted by Crippen LogP contribution is 2.28. The number of aryl methyl sites for hydroxylation is 2. The predicted octanol–water partition coefficient (Wildman–Crippen LogP) is 6.62. The lowest BCUT2D eigenvalue weighted by Crippen LogP contribution is -2.55. The summed E-state index contributed by atoms with van der Waals surface area (Å²) in [4.78, 5) is 42.7. The number of amides is 3. The number of carbonyl (C=O) groups is 3. The van der Waals surface area contributed by atoms with Gasteiger partial charge in [-0.05, 0) is 63.6 Å². The number of alkyl carbamates (subject to hydrolysis) is 1. The molecule has 0 spiro atoms. The van der Waals surface area contributed by atoms with Crippen LogP contribution >= 0.6 is 0 Å². The first-order valence-corrected chi connectivity index (χ1v) is 14.5. The monoisotopic (exact) mass is 551 g/mol. The minimum atomic E-state index is -0.851. The largest absolute Gasteiger partial charge is 0.444 e. The van der Waals surface area contributed by atoms with E-state index in [0.29, 0.717) is 13.1 Å². The molecule has 0 heterocycles. The summed E-state index contributed by atoms with van der Waals surface area (Å²) in [6.07, 6.45) is 3.14. The Bertz CT molecular complexity index is 1110. The first-order valence-electron chi connectivity index (χ1n) is 14.5. The molecule has 0 aliphatic carbocycles. The Morgan fingerprint density at radius 1 is 0.950 bits per heavy atom. The van der Waals surface area contributed by atoms with Gasteiger partial charge in [0, 0.05) is 13.1 Å². The molecule has 0 radical (unpaired) electrons. The second-order valence-electron chi connectivity index (χ2n) is 11.9. The van der Waals surface area contributed by atoms with Crippen LogP contribution in [-0.4, -0.2) is 41.0 Å². The number of rotatable bonds is 13. The molecule has 0 aromatic heterocycles. The van der Waals surface area contributed by atoms with Crippen molar-refractivity contribution in [3.05, 3.63) is 70.8 Å². The summed E-state index contributed by atoms with van der Waals surface area (Å²) in [5.74, 6) is -0.760. The van der Waals surface area contributed by atoms with Crippen molar-refractivity contribution in [1.29, 1.82) is 0 Å². The zero-order valence-electron chi connectivity index (χ0n) is 25.7. The molecule has 0 aliphatic heterocycles. The fourth-order valence-corrected chi connectivity index (χ4v) is 4.59. The molecule has 0 saturated carbocycles. The van der Waals surface area contributed by atoms with Crippen LogP contribution < -0.4 is 10.6 Å². The van der Waals surface area contributed by atoms with E-state index in [9.17, 15) is 14.4 Å². The van der Waals surface area contributed by atoms with Crippen LogP contribution in [0.5, 0.6) is 0 Å². The van der Waals surface area contributed by atoms with E-state index in [4.69, 9.17) is 4.74 Å². The maximum atomic E-state index is 14.3. The topological polar surface area (TPSA) is 87.7 Å². The molecule has 0 aliphatic rings. The van der Waals surface area contributed by atoms with Crippen molar-refractivity contribution in [1.82, 2.24) is 15.5 Å². The Balaban J connectivity index is 2.51. The number of unbranched alkanes of at least 4 members (excludes halogenated alkanes) is 3. The maximum absolute atomic E-state index is 14.3. The molecular formula is C33H49N3O4. The maximum Gasteiger partial charge on any atom is 0.408 e. The van der Waals surface area contributed by atoms with Crippen molar-refractivity contribution < 1.29 is 19.1 Å². The molecule has 7 heteroatoms.